The summed E-state index contributed by atoms with van der Waals surface area (Å²) >= 11 is 9.50. The molecule has 0 saturated carbocycles. The second kappa shape index (κ2) is 5.34. The van der Waals surface area contributed by atoms with Crippen LogP contribution in [0.3, 0.4) is 0 Å². The minimum absolute atomic E-state index is 0.172. The fourth-order valence-electron chi connectivity index (χ4n) is 1.94. The van der Waals surface area contributed by atoms with Crippen LogP contribution in [0.15, 0.2) is 51.7 Å². The van der Waals surface area contributed by atoms with Gasteiger partial charge in [-0.1, -0.05) is 50.9 Å². The second-order valence-electron chi connectivity index (χ2n) is 4.31. The number of nitrogens with zero attached hydrogens (tertiary/aromatic N) is 3. The number of benzene rings is 2. The number of fused-ring (bicyclic) bond motifs is 1. The van der Waals surface area contributed by atoms with Gasteiger partial charge in [0.1, 0.15) is 5.52 Å². The van der Waals surface area contributed by atoms with Crippen molar-refractivity contribution in [2.24, 2.45) is 0 Å². The smallest absolute Gasteiger partial charge is 0.267 e. The first kappa shape index (κ1) is 13.3. The van der Waals surface area contributed by atoms with Crippen LogP contribution in [0.5, 0.6) is 0 Å². The molecule has 1 aromatic heterocycles. The van der Waals surface area contributed by atoms with Gasteiger partial charge in [0.05, 0.1) is 11.9 Å². The predicted octanol–water partition coefficient (Wildman–Crippen LogP) is 3.26. The van der Waals surface area contributed by atoms with Gasteiger partial charge in [0.25, 0.3) is 5.56 Å². The molecule has 0 radical (unpaired) electrons. The van der Waals surface area contributed by atoms with Gasteiger partial charge >= 0.3 is 0 Å². The van der Waals surface area contributed by atoms with E-state index in [1.165, 1.54) is 4.68 Å². The lowest BCUT2D eigenvalue weighted by Gasteiger charge is -2.07. The molecule has 0 aliphatic heterocycles. The average molecular weight is 351 g/mol. The van der Waals surface area contributed by atoms with Gasteiger partial charge in [-0.3, -0.25) is 4.79 Å². The molecule has 0 atom stereocenters. The highest BCUT2D eigenvalue weighted by Crippen LogP contribution is 2.21. The van der Waals surface area contributed by atoms with Crippen LogP contribution in [0.25, 0.3) is 10.9 Å². The van der Waals surface area contributed by atoms with Crippen LogP contribution in [0.2, 0.25) is 5.02 Å². The van der Waals surface area contributed by atoms with Crippen molar-refractivity contribution in [2.45, 2.75) is 6.54 Å². The van der Waals surface area contributed by atoms with Crippen LogP contribution in [0.1, 0.15) is 5.56 Å². The Morgan fingerprint density at radius 2 is 2.00 bits per heavy atom. The first-order valence-electron chi connectivity index (χ1n) is 5.91. The van der Waals surface area contributed by atoms with Gasteiger partial charge in [-0.15, -0.1) is 5.10 Å². The van der Waals surface area contributed by atoms with Crippen molar-refractivity contribution in [3.63, 3.8) is 0 Å². The minimum atomic E-state index is -0.172. The topological polar surface area (TPSA) is 47.8 Å². The van der Waals surface area contributed by atoms with E-state index in [0.29, 0.717) is 22.5 Å². The molecule has 0 fully saturated rings. The molecule has 2 aromatic carbocycles. The summed E-state index contributed by atoms with van der Waals surface area (Å²) in [5, 5.41) is 9.13. The monoisotopic (exact) mass is 349 g/mol. The Labute approximate surface area is 128 Å². The van der Waals surface area contributed by atoms with Crippen molar-refractivity contribution in [1.82, 2.24) is 15.0 Å². The van der Waals surface area contributed by atoms with Gasteiger partial charge in [-0.2, -0.15) is 0 Å². The molecule has 0 aliphatic rings. The number of hydrogen-bond acceptors (Lipinski definition) is 3. The average Bonchev–Trinajstić information content (AvgIpc) is 2.45. The Morgan fingerprint density at radius 1 is 1.20 bits per heavy atom. The molecule has 6 heteroatoms. The van der Waals surface area contributed by atoms with Crippen molar-refractivity contribution in [3.05, 3.63) is 67.9 Å². The zero-order chi connectivity index (χ0) is 14.1. The standard InChI is InChI=1S/C14H9BrClN3O/c15-10-6-5-9(12(16)7-10)8-19-14(20)11-3-1-2-4-13(11)17-18-19/h1-7H,8H2. The Balaban J connectivity index is 2.07. The summed E-state index contributed by atoms with van der Waals surface area (Å²) in [4.78, 5) is 12.3. The lowest BCUT2D eigenvalue weighted by molar-refractivity contribution is 0.601. The van der Waals surface area contributed by atoms with E-state index in [0.717, 1.165) is 10.0 Å². The van der Waals surface area contributed by atoms with Crippen LogP contribution < -0.4 is 5.56 Å². The van der Waals surface area contributed by atoms with Crippen LogP contribution in [-0.4, -0.2) is 15.0 Å². The molecule has 0 aliphatic carbocycles. The molecule has 4 nitrogen and oxygen atoms in total. The van der Waals surface area contributed by atoms with E-state index >= 15 is 0 Å². The molecule has 3 aromatic rings. The quantitative estimate of drug-likeness (QED) is 0.713. The molecule has 20 heavy (non-hydrogen) atoms. The highest BCUT2D eigenvalue weighted by molar-refractivity contribution is 9.10. The van der Waals surface area contributed by atoms with Gasteiger partial charge in [-0.05, 0) is 29.8 Å². The summed E-state index contributed by atoms with van der Waals surface area (Å²) in [7, 11) is 0. The summed E-state index contributed by atoms with van der Waals surface area (Å²) in [6, 6.07) is 12.7. The van der Waals surface area contributed by atoms with Crippen molar-refractivity contribution < 1.29 is 0 Å². The maximum Gasteiger partial charge on any atom is 0.277 e. The van der Waals surface area contributed by atoms with Crippen LogP contribution in [0.4, 0.5) is 0 Å². The lowest BCUT2D eigenvalue weighted by atomic mass is 10.2. The molecule has 0 spiro atoms. The van der Waals surface area contributed by atoms with Crippen LogP contribution >= 0.6 is 27.5 Å². The van der Waals surface area contributed by atoms with E-state index < -0.39 is 0 Å². The highest BCUT2D eigenvalue weighted by Gasteiger charge is 2.08. The number of aromatic nitrogens is 3. The molecule has 0 bridgehead atoms. The van der Waals surface area contributed by atoms with E-state index in [-0.39, 0.29) is 5.56 Å². The molecule has 0 N–H and O–H groups in total. The van der Waals surface area contributed by atoms with Crippen LogP contribution in [-0.2, 0) is 6.54 Å². The zero-order valence-corrected chi connectivity index (χ0v) is 12.6. The van der Waals surface area contributed by atoms with Gasteiger partial charge in [-0.25, -0.2) is 4.68 Å². The van der Waals surface area contributed by atoms with Crippen LogP contribution in [0, 0.1) is 0 Å². The summed E-state index contributed by atoms with van der Waals surface area (Å²) in [5.41, 5.74) is 1.24. The zero-order valence-electron chi connectivity index (χ0n) is 10.3. The van der Waals surface area contributed by atoms with E-state index in [1.54, 1.807) is 18.2 Å². The van der Waals surface area contributed by atoms with Gasteiger partial charge in [0.15, 0.2) is 0 Å². The number of halogens is 2. The second-order valence-corrected chi connectivity index (χ2v) is 5.63. The Hall–Kier alpha value is -1.72. The van der Waals surface area contributed by atoms with Crippen molar-refractivity contribution in [3.8, 4) is 0 Å². The largest absolute Gasteiger partial charge is 0.277 e. The van der Waals surface area contributed by atoms with E-state index in [1.807, 2.05) is 24.3 Å². The third kappa shape index (κ3) is 2.46. The Kier molecular flexibility index (Phi) is 3.54. The Morgan fingerprint density at radius 3 is 2.80 bits per heavy atom. The lowest BCUT2D eigenvalue weighted by Crippen LogP contribution is -2.24. The summed E-state index contributed by atoms with van der Waals surface area (Å²) in [6.45, 7) is 0.294. The SMILES string of the molecule is O=c1c2ccccc2nnn1Cc1ccc(Br)cc1Cl. The fraction of sp³-hybridized carbons (Fsp3) is 0.0714. The molecule has 0 amide bonds. The maximum atomic E-state index is 12.3. The molecule has 0 saturated heterocycles. The molecule has 1 heterocycles. The molecular formula is C14H9BrClN3O. The highest BCUT2D eigenvalue weighted by atomic mass is 79.9. The molecule has 100 valence electrons. The summed E-state index contributed by atoms with van der Waals surface area (Å²) in [5.74, 6) is 0. The molecular weight excluding hydrogens is 342 g/mol. The fourth-order valence-corrected chi connectivity index (χ4v) is 2.67. The normalized spacial score (nSPS) is 10.9. The first-order chi connectivity index (χ1) is 9.65. The van der Waals surface area contributed by atoms with E-state index in [9.17, 15) is 4.79 Å². The van der Waals surface area contributed by atoms with E-state index in [4.69, 9.17) is 11.6 Å². The Bertz CT molecular complexity index is 847. The molecule has 3 rings (SSSR count). The van der Waals surface area contributed by atoms with Gasteiger partial charge < -0.3 is 0 Å². The van der Waals surface area contributed by atoms with Crippen molar-refractivity contribution >= 4 is 38.4 Å². The summed E-state index contributed by atoms with van der Waals surface area (Å²) < 4.78 is 2.21. The third-order valence-electron chi connectivity index (χ3n) is 2.96. The molecule has 0 unspecified atom stereocenters. The van der Waals surface area contributed by atoms with Crippen molar-refractivity contribution in [2.75, 3.05) is 0 Å². The van der Waals surface area contributed by atoms with Crippen molar-refractivity contribution in [1.29, 1.82) is 0 Å². The van der Waals surface area contributed by atoms with Gasteiger partial charge in [0.2, 0.25) is 0 Å². The summed E-state index contributed by atoms with van der Waals surface area (Å²) in [6.07, 6.45) is 0. The maximum absolute atomic E-state index is 12.3. The minimum Gasteiger partial charge on any atom is -0.267 e. The third-order valence-corrected chi connectivity index (χ3v) is 3.81. The van der Waals surface area contributed by atoms with Gasteiger partial charge in [0, 0.05) is 9.50 Å². The predicted molar refractivity (Wildman–Crippen MR) is 82.1 cm³/mol. The number of hydrogen-bond donors (Lipinski definition) is 0. The number of rotatable bonds is 2. The first-order valence-corrected chi connectivity index (χ1v) is 7.09. The van der Waals surface area contributed by atoms with E-state index in [2.05, 4.69) is 26.2 Å².